The minimum Gasteiger partial charge on any atom is -0.339 e. The summed E-state index contributed by atoms with van der Waals surface area (Å²) in [6, 6.07) is 14.3. The molecule has 4 rings (SSSR count). The van der Waals surface area contributed by atoms with Crippen molar-refractivity contribution in [1.82, 2.24) is 19.2 Å². The van der Waals surface area contributed by atoms with Crippen molar-refractivity contribution >= 4 is 5.91 Å². The van der Waals surface area contributed by atoms with Gasteiger partial charge in [-0.3, -0.25) is 9.48 Å². The second-order valence-electron chi connectivity index (χ2n) is 7.04. The average molecular weight is 348 g/mol. The number of nitrogens with zero attached hydrogens (tertiary/aromatic N) is 4. The molecule has 0 N–H and O–H groups in total. The molecule has 0 unspecified atom stereocenters. The molecule has 1 fully saturated rings. The molecule has 5 heteroatoms. The number of hydrogen-bond acceptors (Lipinski definition) is 2. The van der Waals surface area contributed by atoms with E-state index in [-0.39, 0.29) is 11.9 Å². The molecular formula is C21H24N4O. The van der Waals surface area contributed by atoms with Crippen molar-refractivity contribution in [3.8, 4) is 0 Å². The van der Waals surface area contributed by atoms with Crippen LogP contribution < -0.4 is 0 Å². The molecule has 3 aromatic rings. The SMILES string of the molecule is Cc1cnn(C[C@@H]2CCCN2C(=O)c2cccn2Cc2ccccc2)c1. The third kappa shape index (κ3) is 3.43. The van der Waals surface area contributed by atoms with E-state index >= 15 is 0 Å². The summed E-state index contributed by atoms with van der Waals surface area (Å²) in [5.74, 6) is 0.123. The molecule has 1 aliphatic heterocycles. The van der Waals surface area contributed by atoms with Gasteiger partial charge in [0.15, 0.2) is 0 Å². The van der Waals surface area contributed by atoms with Crippen LogP contribution in [0.4, 0.5) is 0 Å². The first-order chi connectivity index (χ1) is 12.7. The largest absolute Gasteiger partial charge is 0.339 e. The zero-order valence-electron chi connectivity index (χ0n) is 15.1. The third-order valence-electron chi connectivity index (χ3n) is 5.04. The molecule has 2 aromatic heterocycles. The second kappa shape index (κ2) is 7.20. The molecule has 0 bridgehead atoms. The highest BCUT2D eigenvalue weighted by atomic mass is 16.2. The number of aromatic nitrogens is 3. The quantitative estimate of drug-likeness (QED) is 0.710. The normalized spacial score (nSPS) is 17.0. The van der Waals surface area contributed by atoms with Gasteiger partial charge in [-0.25, -0.2) is 0 Å². The molecule has 1 amide bonds. The Morgan fingerprint density at radius 3 is 2.81 bits per heavy atom. The van der Waals surface area contributed by atoms with Gasteiger partial charge >= 0.3 is 0 Å². The van der Waals surface area contributed by atoms with E-state index in [1.807, 2.05) is 70.0 Å². The first-order valence-electron chi connectivity index (χ1n) is 9.20. The Balaban J connectivity index is 1.51. The first kappa shape index (κ1) is 16.6. The Bertz CT molecular complexity index is 880. The van der Waals surface area contributed by atoms with Gasteiger partial charge in [0.1, 0.15) is 5.69 Å². The molecular weight excluding hydrogens is 324 g/mol. The van der Waals surface area contributed by atoms with Crippen LogP contribution in [0.3, 0.4) is 0 Å². The van der Waals surface area contributed by atoms with E-state index in [2.05, 4.69) is 17.2 Å². The zero-order valence-corrected chi connectivity index (χ0v) is 15.1. The lowest BCUT2D eigenvalue weighted by Gasteiger charge is -2.25. The van der Waals surface area contributed by atoms with Gasteiger partial charge in [-0.05, 0) is 43.0 Å². The van der Waals surface area contributed by atoms with Crippen molar-refractivity contribution in [2.45, 2.75) is 38.9 Å². The highest BCUT2D eigenvalue weighted by molar-refractivity contribution is 5.93. The summed E-state index contributed by atoms with van der Waals surface area (Å²) in [6.07, 6.45) is 7.98. The lowest BCUT2D eigenvalue weighted by molar-refractivity contribution is 0.0711. The van der Waals surface area contributed by atoms with Gasteiger partial charge in [0.2, 0.25) is 0 Å². The monoisotopic (exact) mass is 348 g/mol. The van der Waals surface area contributed by atoms with Crippen molar-refractivity contribution in [3.05, 3.63) is 77.9 Å². The van der Waals surface area contributed by atoms with Crippen LogP contribution in [0.1, 0.15) is 34.5 Å². The summed E-state index contributed by atoms with van der Waals surface area (Å²) >= 11 is 0. The number of benzene rings is 1. The molecule has 0 radical (unpaired) electrons. The Morgan fingerprint density at radius 1 is 1.19 bits per heavy atom. The summed E-state index contributed by atoms with van der Waals surface area (Å²) in [7, 11) is 0. The van der Waals surface area contributed by atoms with E-state index in [1.165, 1.54) is 5.56 Å². The average Bonchev–Trinajstić information content (AvgIpc) is 3.38. The molecule has 26 heavy (non-hydrogen) atoms. The minimum absolute atomic E-state index is 0.123. The predicted octanol–water partition coefficient (Wildman–Crippen LogP) is 3.35. The van der Waals surface area contributed by atoms with Gasteiger partial charge in [-0.2, -0.15) is 5.10 Å². The van der Waals surface area contributed by atoms with Crippen molar-refractivity contribution in [2.75, 3.05) is 6.54 Å². The van der Waals surface area contributed by atoms with Gasteiger partial charge in [-0.15, -0.1) is 0 Å². The number of carbonyl (C=O) groups is 1. The Morgan fingerprint density at radius 2 is 2.04 bits per heavy atom. The zero-order chi connectivity index (χ0) is 17.9. The standard InChI is InChI=1S/C21H24N4O/c1-17-13-22-24(14-17)16-19-9-5-12-25(19)21(26)20-10-6-11-23(20)15-18-7-3-2-4-8-18/h2-4,6-8,10-11,13-14,19H,5,9,12,15-16H2,1H3/t19-/m0/s1. The van der Waals surface area contributed by atoms with Crippen molar-refractivity contribution in [2.24, 2.45) is 0 Å². The predicted molar refractivity (Wildman–Crippen MR) is 101 cm³/mol. The number of aryl methyl sites for hydroxylation is 1. The summed E-state index contributed by atoms with van der Waals surface area (Å²) in [6.45, 7) is 4.34. The summed E-state index contributed by atoms with van der Waals surface area (Å²) in [5, 5.41) is 4.38. The molecule has 1 atom stereocenters. The molecule has 1 aliphatic rings. The van der Waals surface area contributed by atoms with Gasteiger partial charge in [0.05, 0.1) is 18.8 Å². The van der Waals surface area contributed by atoms with E-state index in [9.17, 15) is 4.79 Å². The van der Waals surface area contributed by atoms with E-state index in [0.717, 1.165) is 37.2 Å². The van der Waals surface area contributed by atoms with Gasteiger partial charge in [0.25, 0.3) is 5.91 Å². The number of hydrogen-bond donors (Lipinski definition) is 0. The third-order valence-corrected chi connectivity index (χ3v) is 5.04. The van der Waals surface area contributed by atoms with Gasteiger partial charge < -0.3 is 9.47 Å². The van der Waals surface area contributed by atoms with Crippen molar-refractivity contribution < 1.29 is 4.79 Å². The highest BCUT2D eigenvalue weighted by Gasteiger charge is 2.31. The Kier molecular flexibility index (Phi) is 4.61. The molecule has 5 nitrogen and oxygen atoms in total. The maximum atomic E-state index is 13.2. The molecule has 1 saturated heterocycles. The van der Waals surface area contributed by atoms with E-state index in [0.29, 0.717) is 6.54 Å². The number of carbonyl (C=O) groups excluding carboxylic acids is 1. The Hall–Kier alpha value is -2.82. The topological polar surface area (TPSA) is 43.1 Å². The van der Waals surface area contributed by atoms with Crippen LogP contribution >= 0.6 is 0 Å². The maximum Gasteiger partial charge on any atom is 0.270 e. The van der Waals surface area contributed by atoms with E-state index < -0.39 is 0 Å². The highest BCUT2D eigenvalue weighted by Crippen LogP contribution is 2.22. The van der Waals surface area contributed by atoms with Gasteiger partial charge in [0, 0.05) is 25.5 Å². The molecule has 0 spiro atoms. The smallest absolute Gasteiger partial charge is 0.270 e. The van der Waals surface area contributed by atoms with Crippen LogP contribution in [0.2, 0.25) is 0 Å². The maximum absolute atomic E-state index is 13.2. The minimum atomic E-state index is 0.123. The van der Waals surface area contributed by atoms with Crippen molar-refractivity contribution in [1.29, 1.82) is 0 Å². The number of likely N-dealkylation sites (tertiary alicyclic amines) is 1. The molecule has 1 aromatic carbocycles. The number of amides is 1. The summed E-state index contributed by atoms with van der Waals surface area (Å²) < 4.78 is 4.00. The van der Waals surface area contributed by atoms with Crippen LogP contribution in [-0.4, -0.2) is 37.7 Å². The molecule has 0 aliphatic carbocycles. The molecule has 0 saturated carbocycles. The second-order valence-corrected chi connectivity index (χ2v) is 7.04. The van der Waals surface area contributed by atoms with Crippen LogP contribution in [-0.2, 0) is 13.1 Å². The van der Waals surface area contributed by atoms with Crippen LogP contribution in [0.5, 0.6) is 0 Å². The molecule has 3 heterocycles. The molecule has 134 valence electrons. The van der Waals surface area contributed by atoms with E-state index in [4.69, 9.17) is 0 Å². The van der Waals surface area contributed by atoms with E-state index in [1.54, 1.807) is 0 Å². The fourth-order valence-electron chi connectivity index (χ4n) is 3.75. The Labute approximate surface area is 153 Å². The summed E-state index contributed by atoms with van der Waals surface area (Å²) in [4.78, 5) is 15.2. The van der Waals surface area contributed by atoms with Crippen LogP contribution in [0, 0.1) is 6.92 Å². The lowest BCUT2D eigenvalue weighted by Crippen LogP contribution is -2.39. The van der Waals surface area contributed by atoms with Crippen molar-refractivity contribution in [3.63, 3.8) is 0 Å². The lowest BCUT2D eigenvalue weighted by atomic mass is 10.2. The fraction of sp³-hybridized carbons (Fsp3) is 0.333. The van der Waals surface area contributed by atoms with Gasteiger partial charge in [-0.1, -0.05) is 30.3 Å². The number of rotatable bonds is 5. The fourth-order valence-corrected chi connectivity index (χ4v) is 3.75. The van der Waals surface area contributed by atoms with Crippen LogP contribution in [0.15, 0.2) is 61.1 Å². The first-order valence-corrected chi connectivity index (χ1v) is 9.20. The van der Waals surface area contributed by atoms with Crippen LogP contribution in [0.25, 0.3) is 0 Å². The summed E-state index contributed by atoms with van der Waals surface area (Å²) in [5.41, 5.74) is 3.11.